The molecule has 0 radical (unpaired) electrons. The molecule has 3 heteroatoms. The predicted molar refractivity (Wildman–Crippen MR) is 45.4 cm³/mol. The molecule has 0 unspecified atom stereocenters. The van der Waals surface area contributed by atoms with E-state index in [9.17, 15) is 0 Å². The summed E-state index contributed by atoms with van der Waals surface area (Å²) in [6, 6.07) is 1.92. The Morgan fingerprint density at radius 2 is 2.00 bits per heavy atom. The number of hydrogen-bond acceptors (Lipinski definition) is 2. The van der Waals surface area contributed by atoms with E-state index < -0.39 is 0 Å². The van der Waals surface area contributed by atoms with E-state index >= 15 is 0 Å². The molecule has 0 saturated carbocycles. The SMILES string of the molecule is Cc1cnc(C)c(N)c1.Cl. The van der Waals surface area contributed by atoms with E-state index in [4.69, 9.17) is 5.73 Å². The zero-order valence-electron chi connectivity index (χ0n) is 6.09. The molecule has 1 aromatic heterocycles. The lowest BCUT2D eigenvalue weighted by Gasteiger charge is -1.97. The van der Waals surface area contributed by atoms with Crippen LogP contribution in [-0.2, 0) is 0 Å². The van der Waals surface area contributed by atoms with Gasteiger partial charge in [-0.25, -0.2) is 0 Å². The number of halogens is 1. The Morgan fingerprint density at radius 3 is 2.40 bits per heavy atom. The van der Waals surface area contributed by atoms with Crippen molar-refractivity contribution in [2.45, 2.75) is 13.8 Å². The lowest BCUT2D eigenvalue weighted by atomic mass is 10.2. The number of anilines is 1. The number of nitrogens with two attached hydrogens (primary N) is 1. The molecule has 0 aliphatic carbocycles. The van der Waals surface area contributed by atoms with Gasteiger partial charge in [0.15, 0.2) is 0 Å². The van der Waals surface area contributed by atoms with E-state index in [2.05, 4.69) is 4.98 Å². The van der Waals surface area contributed by atoms with Crippen LogP contribution in [0.25, 0.3) is 0 Å². The number of aryl methyl sites for hydroxylation is 2. The van der Waals surface area contributed by atoms with Crippen molar-refractivity contribution in [2.75, 3.05) is 5.73 Å². The second-order valence-corrected chi connectivity index (χ2v) is 2.19. The molecule has 0 aliphatic rings. The minimum Gasteiger partial charge on any atom is -0.397 e. The maximum atomic E-state index is 5.56. The second-order valence-electron chi connectivity index (χ2n) is 2.19. The van der Waals surface area contributed by atoms with Gasteiger partial charge in [-0.05, 0) is 25.5 Å². The molecule has 0 aromatic carbocycles. The van der Waals surface area contributed by atoms with Crippen molar-refractivity contribution in [2.24, 2.45) is 0 Å². The Labute approximate surface area is 66.9 Å². The average molecular weight is 159 g/mol. The van der Waals surface area contributed by atoms with Crippen molar-refractivity contribution < 1.29 is 0 Å². The number of rotatable bonds is 0. The molecule has 1 heterocycles. The molecule has 1 aromatic rings. The molecule has 0 amide bonds. The van der Waals surface area contributed by atoms with E-state index in [1.54, 1.807) is 0 Å². The Kier molecular flexibility index (Phi) is 3.16. The van der Waals surface area contributed by atoms with Crippen LogP contribution in [0.4, 0.5) is 5.69 Å². The zero-order valence-corrected chi connectivity index (χ0v) is 6.90. The molecule has 0 bridgehead atoms. The average Bonchev–Trinajstić information content (AvgIpc) is 1.80. The Morgan fingerprint density at radius 1 is 1.40 bits per heavy atom. The number of pyridine rings is 1. The fourth-order valence-corrected chi connectivity index (χ4v) is 0.660. The minimum atomic E-state index is 0. The van der Waals surface area contributed by atoms with E-state index in [0.29, 0.717) is 0 Å². The van der Waals surface area contributed by atoms with Crippen LogP contribution in [-0.4, -0.2) is 4.98 Å². The summed E-state index contributed by atoms with van der Waals surface area (Å²) in [6.07, 6.45) is 1.81. The van der Waals surface area contributed by atoms with Crippen LogP contribution in [0.3, 0.4) is 0 Å². The highest BCUT2D eigenvalue weighted by molar-refractivity contribution is 5.85. The molecule has 56 valence electrons. The van der Waals surface area contributed by atoms with E-state index in [-0.39, 0.29) is 12.4 Å². The molecule has 2 nitrogen and oxygen atoms in total. The van der Waals surface area contributed by atoms with Crippen LogP contribution in [0.1, 0.15) is 11.3 Å². The third-order valence-electron chi connectivity index (χ3n) is 1.26. The summed E-state index contributed by atoms with van der Waals surface area (Å²) in [5.41, 5.74) is 8.34. The van der Waals surface area contributed by atoms with Gasteiger partial charge in [0.1, 0.15) is 0 Å². The number of nitrogens with zero attached hydrogens (tertiary/aromatic N) is 1. The van der Waals surface area contributed by atoms with Crippen molar-refractivity contribution in [1.29, 1.82) is 0 Å². The Balaban J connectivity index is 0.000000810. The van der Waals surface area contributed by atoms with Gasteiger partial charge in [0.2, 0.25) is 0 Å². The topological polar surface area (TPSA) is 38.9 Å². The quantitative estimate of drug-likeness (QED) is 0.624. The maximum absolute atomic E-state index is 5.56. The fraction of sp³-hybridized carbons (Fsp3) is 0.286. The van der Waals surface area contributed by atoms with Crippen LogP contribution in [0.2, 0.25) is 0 Å². The summed E-state index contributed by atoms with van der Waals surface area (Å²) in [4.78, 5) is 4.05. The first kappa shape index (κ1) is 9.24. The fourth-order valence-electron chi connectivity index (χ4n) is 0.660. The summed E-state index contributed by atoms with van der Waals surface area (Å²) in [7, 11) is 0. The first-order valence-corrected chi connectivity index (χ1v) is 2.89. The van der Waals surface area contributed by atoms with Gasteiger partial charge in [-0.2, -0.15) is 0 Å². The molecule has 0 atom stereocenters. The number of hydrogen-bond donors (Lipinski definition) is 1. The molecular weight excluding hydrogens is 148 g/mol. The van der Waals surface area contributed by atoms with E-state index in [1.165, 1.54) is 0 Å². The Hall–Kier alpha value is -0.760. The van der Waals surface area contributed by atoms with E-state index in [1.807, 2.05) is 26.1 Å². The standard InChI is InChI=1S/C7H10N2.ClH/c1-5-3-7(8)6(2)9-4-5;/h3-4H,8H2,1-2H3;1H. The third kappa shape index (κ3) is 1.88. The van der Waals surface area contributed by atoms with Crippen LogP contribution < -0.4 is 5.73 Å². The predicted octanol–water partition coefficient (Wildman–Crippen LogP) is 1.70. The van der Waals surface area contributed by atoms with Crippen molar-refractivity contribution in [1.82, 2.24) is 4.98 Å². The minimum absolute atomic E-state index is 0. The maximum Gasteiger partial charge on any atom is 0.0601 e. The van der Waals surface area contributed by atoms with Gasteiger partial charge in [-0.15, -0.1) is 12.4 Å². The molecule has 0 fully saturated rings. The summed E-state index contributed by atoms with van der Waals surface area (Å²) in [5, 5.41) is 0. The van der Waals surface area contributed by atoms with Crippen molar-refractivity contribution in [3.8, 4) is 0 Å². The number of aromatic nitrogens is 1. The molecule has 1 rings (SSSR count). The van der Waals surface area contributed by atoms with Gasteiger partial charge >= 0.3 is 0 Å². The molecule has 10 heavy (non-hydrogen) atoms. The normalized spacial score (nSPS) is 8.60. The van der Waals surface area contributed by atoms with Gasteiger partial charge in [-0.3, -0.25) is 4.98 Å². The molecule has 0 saturated heterocycles. The summed E-state index contributed by atoms with van der Waals surface area (Å²) in [5.74, 6) is 0. The highest BCUT2D eigenvalue weighted by Crippen LogP contribution is 2.07. The van der Waals surface area contributed by atoms with E-state index in [0.717, 1.165) is 16.9 Å². The first-order chi connectivity index (χ1) is 4.20. The molecule has 0 aliphatic heterocycles. The smallest absolute Gasteiger partial charge is 0.0601 e. The largest absolute Gasteiger partial charge is 0.397 e. The van der Waals surface area contributed by atoms with Crippen molar-refractivity contribution in [3.05, 3.63) is 23.5 Å². The Bertz CT molecular complexity index is 223. The van der Waals surface area contributed by atoms with Crippen molar-refractivity contribution in [3.63, 3.8) is 0 Å². The van der Waals surface area contributed by atoms with Crippen LogP contribution in [0.15, 0.2) is 12.3 Å². The highest BCUT2D eigenvalue weighted by atomic mass is 35.5. The zero-order chi connectivity index (χ0) is 6.85. The van der Waals surface area contributed by atoms with Gasteiger partial charge in [0, 0.05) is 6.20 Å². The van der Waals surface area contributed by atoms with Gasteiger partial charge in [-0.1, -0.05) is 0 Å². The van der Waals surface area contributed by atoms with Crippen LogP contribution in [0.5, 0.6) is 0 Å². The highest BCUT2D eigenvalue weighted by Gasteiger charge is 1.91. The molecule has 2 N–H and O–H groups in total. The molecular formula is C7H11ClN2. The first-order valence-electron chi connectivity index (χ1n) is 2.89. The third-order valence-corrected chi connectivity index (χ3v) is 1.26. The van der Waals surface area contributed by atoms with Crippen molar-refractivity contribution >= 4 is 18.1 Å². The van der Waals surface area contributed by atoms with Gasteiger partial charge in [0.05, 0.1) is 11.4 Å². The summed E-state index contributed by atoms with van der Waals surface area (Å²) < 4.78 is 0. The number of nitrogen functional groups attached to an aromatic ring is 1. The lowest BCUT2D eigenvalue weighted by molar-refractivity contribution is 1.18. The monoisotopic (exact) mass is 158 g/mol. The second kappa shape index (κ2) is 3.42. The summed E-state index contributed by atoms with van der Waals surface area (Å²) >= 11 is 0. The van der Waals surface area contributed by atoms with Gasteiger partial charge in [0.25, 0.3) is 0 Å². The van der Waals surface area contributed by atoms with Crippen LogP contribution in [0, 0.1) is 13.8 Å². The van der Waals surface area contributed by atoms with Crippen LogP contribution >= 0.6 is 12.4 Å². The van der Waals surface area contributed by atoms with Gasteiger partial charge < -0.3 is 5.73 Å². The molecule has 0 spiro atoms. The summed E-state index contributed by atoms with van der Waals surface area (Å²) in [6.45, 7) is 3.87. The lowest BCUT2D eigenvalue weighted by Crippen LogP contribution is -1.92.